The highest BCUT2D eigenvalue weighted by atomic mass is 32.1. The predicted molar refractivity (Wildman–Crippen MR) is 71.6 cm³/mol. The number of nitro groups is 1. The first-order valence-corrected chi connectivity index (χ1v) is 6.80. The zero-order valence-electron chi connectivity index (χ0n) is 11.1. The zero-order valence-corrected chi connectivity index (χ0v) is 12.0. The average molecular weight is 284 g/mol. The van der Waals surface area contributed by atoms with Crippen molar-refractivity contribution in [1.82, 2.24) is 4.90 Å². The van der Waals surface area contributed by atoms with Crippen LogP contribution in [0.25, 0.3) is 0 Å². The van der Waals surface area contributed by atoms with Crippen LogP contribution < -0.4 is 0 Å². The molecule has 19 heavy (non-hydrogen) atoms. The lowest BCUT2D eigenvalue weighted by Gasteiger charge is -2.37. The van der Waals surface area contributed by atoms with E-state index in [1.165, 1.54) is 17.4 Å². The molecule has 0 atom stereocenters. The Morgan fingerprint density at radius 1 is 1.58 bits per heavy atom. The minimum atomic E-state index is -0.453. The van der Waals surface area contributed by atoms with Crippen molar-refractivity contribution in [3.63, 3.8) is 0 Å². The molecule has 1 aliphatic rings. The van der Waals surface area contributed by atoms with Crippen molar-refractivity contribution in [2.75, 3.05) is 19.7 Å². The SMILES string of the molecule is Cc1sc(C(=O)N2CCOC(C)(C)C2)cc1[N+](=O)[O-]. The second kappa shape index (κ2) is 4.90. The van der Waals surface area contributed by atoms with Crippen LogP contribution in [-0.2, 0) is 4.74 Å². The minimum absolute atomic E-state index is 0.0147. The zero-order chi connectivity index (χ0) is 14.2. The van der Waals surface area contributed by atoms with Gasteiger partial charge < -0.3 is 9.64 Å². The summed E-state index contributed by atoms with van der Waals surface area (Å²) in [5.74, 6) is -0.155. The van der Waals surface area contributed by atoms with Gasteiger partial charge in [-0.1, -0.05) is 0 Å². The Bertz CT molecular complexity index is 524. The molecule has 1 fully saturated rings. The van der Waals surface area contributed by atoms with Crippen molar-refractivity contribution in [1.29, 1.82) is 0 Å². The van der Waals surface area contributed by atoms with Gasteiger partial charge in [0.05, 0.1) is 26.9 Å². The van der Waals surface area contributed by atoms with E-state index in [2.05, 4.69) is 0 Å². The van der Waals surface area contributed by atoms with Gasteiger partial charge in [-0.15, -0.1) is 11.3 Å². The molecule has 1 aliphatic heterocycles. The number of aryl methyl sites for hydroxylation is 1. The Kier molecular flexibility index (Phi) is 3.60. The van der Waals surface area contributed by atoms with Crippen molar-refractivity contribution in [3.8, 4) is 0 Å². The summed E-state index contributed by atoms with van der Waals surface area (Å²) in [5, 5.41) is 10.8. The van der Waals surface area contributed by atoms with Gasteiger partial charge in [0.2, 0.25) is 0 Å². The van der Waals surface area contributed by atoms with E-state index in [0.29, 0.717) is 29.5 Å². The fourth-order valence-electron chi connectivity index (χ4n) is 2.10. The van der Waals surface area contributed by atoms with Gasteiger partial charge in [0.25, 0.3) is 11.6 Å². The van der Waals surface area contributed by atoms with E-state index in [1.54, 1.807) is 11.8 Å². The van der Waals surface area contributed by atoms with E-state index < -0.39 is 4.92 Å². The van der Waals surface area contributed by atoms with Crippen LogP contribution in [-0.4, -0.2) is 41.0 Å². The van der Waals surface area contributed by atoms with Crippen LogP contribution in [0.15, 0.2) is 6.07 Å². The average Bonchev–Trinajstić information content (AvgIpc) is 2.69. The normalized spacial score (nSPS) is 18.4. The molecule has 1 amide bonds. The molecule has 0 N–H and O–H groups in total. The Labute approximate surface area is 115 Å². The monoisotopic (exact) mass is 284 g/mol. The van der Waals surface area contributed by atoms with Crippen LogP contribution in [0.1, 0.15) is 28.4 Å². The number of morpholine rings is 1. The van der Waals surface area contributed by atoms with Crippen LogP contribution in [0.4, 0.5) is 5.69 Å². The van der Waals surface area contributed by atoms with Crippen LogP contribution in [0.5, 0.6) is 0 Å². The van der Waals surface area contributed by atoms with Crippen molar-refractivity contribution in [3.05, 3.63) is 25.9 Å². The Balaban J connectivity index is 2.20. The molecule has 0 spiro atoms. The molecule has 0 radical (unpaired) electrons. The fraction of sp³-hybridized carbons (Fsp3) is 0.583. The molecule has 7 heteroatoms. The first-order valence-electron chi connectivity index (χ1n) is 5.98. The molecule has 2 heterocycles. The largest absolute Gasteiger partial charge is 0.372 e. The van der Waals surface area contributed by atoms with E-state index in [-0.39, 0.29) is 17.2 Å². The van der Waals surface area contributed by atoms with E-state index in [1.807, 2.05) is 13.8 Å². The molecular weight excluding hydrogens is 268 g/mol. The summed E-state index contributed by atoms with van der Waals surface area (Å²) in [4.78, 5) is 25.4. The van der Waals surface area contributed by atoms with E-state index in [0.717, 1.165) is 0 Å². The molecule has 1 aromatic heterocycles. The summed E-state index contributed by atoms with van der Waals surface area (Å²) < 4.78 is 5.55. The summed E-state index contributed by atoms with van der Waals surface area (Å²) in [5.41, 5.74) is -0.354. The molecule has 104 valence electrons. The van der Waals surface area contributed by atoms with Crippen molar-refractivity contribution in [2.45, 2.75) is 26.4 Å². The van der Waals surface area contributed by atoms with Gasteiger partial charge >= 0.3 is 0 Å². The lowest BCUT2D eigenvalue weighted by Crippen LogP contribution is -2.50. The maximum atomic E-state index is 12.3. The molecular formula is C12H16N2O4S. The minimum Gasteiger partial charge on any atom is -0.372 e. The first kappa shape index (κ1) is 14.0. The van der Waals surface area contributed by atoms with Gasteiger partial charge in [0, 0.05) is 19.2 Å². The predicted octanol–water partition coefficient (Wildman–Crippen LogP) is 2.22. The van der Waals surface area contributed by atoms with Gasteiger partial charge in [-0.2, -0.15) is 0 Å². The first-order chi connectivity index (χ1) is 8.80. The molecule has 1 saturated heterocycles. The summed E-state index contributed by atoms with van der Waals surface area (Å²) in [7, 11) is 0. The summed E-state index contributed by atoms with van der Waals surface area (Å²) in [6.45, 7) is 7.01. The van der Waals surface area contributed by atoms with Crippen molar-refractivity contribution < 1.29 is 14.5 Å². The van der Waals surface area contributed by atoms with E-state index >= 15 is 0 Å². The number of carbonyl (C=O) groups is 1. The molecule has 0 bridgehead atoms. The molecule has 6 nitrogen and oxygen atoms in total. The summed E-state index contributed by atoms with van der Waals surface area (Å²) >= 11 is 1.17. The summed E-state index contributed by atoms with van der Waals surface area (Å²) in [6, 6.07) is 1.37. The number of ether oxygens (including phenoxy) is 1. The molecule has 0 aromatic carbocycles. The highest BCUT2D eigenvalue weighted by Crippen LogP contribution is 2.29. The number of rotatable bonds is 2. The van der Waals surface area contributed by atoms with Gasteiger partial charge in [0.1, 0.15) is 0 Å². The molecule has 0 unspecified atom stereocenters. The number of amides is 1. The Morgan fingerprint density at radius 2 is 2.26 bits per heavy atom. The standard InChI is InChI=1S/C12H16N2O4S/c1-8-9(14(16)17)6-10(19-8)11(15)13-4-5-18-12(2,3)7-13/h6H,4-5,7H2,1-3H3. The maximum absolute atomic E-state index is 12.3. The quantitative estimate of drug-likeness (QED) is 0.616. The lowest BCUT2D eigenvalue weighted by atomic mass is 10.1. The fourth-order valence-corrected chi connectivity index (χ4v) is 3.06. The molecule has 0 aliphatic carbocycles. The second-order valence-corrected chi connectivity index (χ2v) is 6.40. The lowest BCUT2D eigenvalue weighted by molar-refractivity contribution is -0.385. The summed E-state index contributed by atoms with van der Waals surface area (Å²) in [6.07, 6.45) is 0. The van der Waals surface area contributed by atoms with Crippen LogP contribution in [0.2, 0.25) is 0 Å². The van der Waals surface area contributed by atoms with Crippen LogP contribution in [0.3, 0.4) is 0 Å². The third-order valence-corrected chi connectivity index (χ3v) is 4.04. The maximum Gasteiger partial charge on any atom is 0.283 e. The number of hydrogen-bond donors (Lipinski definition) is 0. The highest BCUT2D eigenvalue weighted by Gasteiger charge is 2.32. The number of thiophene rings is 1. The van der Waals surface area contributed by atoms with Crippen molar-refractivity contribution in [2.24, 2.45) is 0 Å². The third-order valence-electron chi connectivity index (χ3n) is 3.01. The number of hydrogen-bond acceptors (Lipinski definition) is 5. The number of carbonyl (C=O) groups excluding carboxylic acids is 1. The number of nitrogens with zero attached hydrogens (tertiary/aromatic N) is 2. The topological polar surface area (TPSA) is 72.7 Å². The Morgan fingerprint density at radius 3 is 2.79 bits per heavy atom. The van der Waals surface area contributed by atoms with Crippen molar-refractivity contribution >= 4 is 22.9 Å². The van der Waals surface area contributed by atoms with Crippen LogP contribution in [0, 0.1) is 17.0 Å². The van der Waals surface area contributed by atoms with Gasteiger partial charge in [-0.05, 0) is 20.8 Å². The third kappa shape index (κ3) is 2.93. The molecule has 0 saturated carbocycles. The smallest absolute Gasteiger partial charge is 0.283 e. The van der Waals surface area contributed by atoms with Gasteiger partial charge in [-0.3, -0.25) is 14.9 Å². The highest BCUT2D eigenvalue weighted by molar-refractivity contribution is 7.14. The molecule has 2 rings (SSSR count). The van der Waals surface area contributed by atoms with Crippen LogP contribution >= 0.6 is 11.3 Å². The van der Waals surface area contributed by atoms with E-state index in [4.69, 9.17) is 4.74 Å². The second-order valence-electron chi connectivity index (χ2n) is 5.14. The van der Waals surface area contributed by atoms with E-state index in [9.17, 15) is 14.9 Å². The Hall–Kier alpha value is -1.47. The van der Waals surface area contributed by atoms with Gasteiger partial charge in [-0.25, -0.2) is 0 Å². The molecule has 1 aromatic rings. The van der Waals surface area contributed by atoms with Gasteiger partial charge in [0.15, 0.2) is 0 Å².